The molecular formula is C18H27N3O2. The van der Waals surface area contributed by atoms with Gasteiger partial charge in [-0.15, -0.1) is 0 Å². The summed E-state index contributed by atoms with van der Waals surface area (Å²) < 4.78 is 7.65. The van der Waals surface area contributed by atoms with Gasteiger partial charge in [-0.1, -0.05) is 0 Å². The van der Waals surface area contributed by atoms with E-state index in [1.54, 1.807) is 0 Å². The van der Waals surface area contributed by atoms with E-state index in [-0.39, 0.29) is 12.6 Å². The van der Waals surface area contributed by atoms with E-state index in [0.717, 1.165) is 44.1 Å². The molecule has 126 valence electrons. The molecule has 0 fully saturated rings. The number of fused-ring (bicyclic) bond motifs is 2. The molecule has 1 aliphatic heterocycles. The van der Waals surface area contributed by atoms with Gasteiger partial charge in [-0.25, -0.2) is 0 Å². The zero-order valence-electron chi connectivity index (χ0n) is 14.3. The minimum atomic E-state index is -0.327. The molecule has 1 aromatic carbocycles. The lowest BCUT2D eigenvalue weighted by Gasteiger charge is -2.13. The summed E-state index contributed by atoms with van der Waals surface area (Å²) in [5.41, 5.74) is 12.3. The van der Waals surface area contributed by atoms with Crippen molar-refractivity contribution in [1.82, 2.24) is 9.47 Å². The number of ether oxygens (including phenoxy) is 1. The van der Waals surface area contributed by atoms with E-state index in [4.69, 9.17) is 10.5 Å². The second-order valence-corrected chi connectivity index (χ2v) is 6.39. The van der Waals surface area contributed by atoms with E-state index in [9.17, 15) is 5.11 Å². The van der Waals surface area contributed by atoms with E-state index in [1.165, 1.54) is 22.0 Å². The van der Waals surface area contributed by atoms with E-state index in [2.05, 4.69) is 35.6 Å². The number of aliphatic hydroxyl groups is 1. The minimum absolute atomic E-state index is 0.0302. The maximum atomic E-state index is 9.48. The summed E-state index contributed by atoms with van der Waals surface area (Å²) in [5, 5.41) is 10.7. The third-order valence-electron chi connectivity index (χ3n) is 4.97. The fraction of sp³-hybridized carbons (Fsp3) is 0.556. The number of nitrogens with two attached hydrogens (primary N) is 1. The van der Waals surface area contributed by atoms with Gasteiger partial charge < -0.3 is 20.1 Å². The number of aryl methyl sites for hydroxylation is 1. The van der Waals surface area contributed by atoms with Gasteiger partial charge in [0.15, 0.2) is 0 Å². The molecule has 2 aromatic rings. The predicted octanol–water partition coefficient (Wildman–Crippen LogP) is 1.83. The second kappa shape index (κ2) is 6.61. The fourth-order valence-corrected chi connectivity index (χ4v) is 3.61. The lowest BCUT2D eigenvalue weighted by molar-refractivity contribution is 0.113. The Labute approximate surface area is 137 Å². The summed E-state index contributed by atoms with van der Waals surface area (Å²) in [5.74, 6) is 0. The molecule has 0 saturated carbocycles. The van der Waals surface area contributed by atoms with Gasteiger partial charge in [0.25, 0.3) is 0 Å². The molecule has 3 N–H and O–H groups in total. The zero-order chi connectivity index (χ0) is 16.6. The van der Waals surface area contributed by atoms with Crippen LogP contribution in [-0.2, 0) is 24.9 Å². The average molecular weight is 317 g/mol. The maximum Gasteiger partial charge on any atom is 0.0625 e. The van der Waals surface area contributed by atoms with Gasteiger partial charge >= 0.3 is 0 Å². The smallest absolute Gasteiger partial charge is 0.0625 e. The summed E-state index contributed by atoms with van der Waals surface area (Å²) in [4.78, 5) is 2.41. The van der Waals surface area contributed by atoms with Gasteiger partial charge in [0, 0.05) is 49.9 Å². The quantitative estimate of drug-likeness (QED) is 0.798. The van der Waals surface area contributed by atoms with Gasteiger partial charge in [-0.05, 0) is 42.7 Å². The Balaban J connectivity index is 1.94. The number of aromatic nitrogens is 1. The van der Waals surface area contributed by atoms with E-state index >= 15 is 0 Å². The van der Waals surface area contributed by atoms with Crippen molar-refractivity contribution in [3.05, 3.63) is 34.5 Å². The first-order valence-electron chi connectivity index (χ1n) is 8.34. The van der Waals surface area contributed by atoms with Crippen LogP contribution < -0.4 is 5.73 Å². The van der Waals surface area contributed by atoms with Gasteiger partial charge in [-0.3, -0.25) is 4.90 Å². The molecule has 0 saturated heterocycles. The summed E-state index contributed by atoms with van der Waals surface area (Å²) in [6.45, 7) is 8.52. The number of benzene rings is 1. The second-order valence-electron chi connectivity index (χ2n) is 6.39. The summed E-state index contributed by atoms with van der Waals surface area (Å²) in [6.07, 6.45) is 0. The van der Waals surface area contributed by atoms with Gasteiger partial charge in [-0.2, -0.15) is 0 Å². The van der Waals surface area contributed by atoms with Crippen LogP contribution in [0.4, 0.5) is 0 Å². The Hall–Kier alpha value is -1.40. The number of rotatable bonds is 6. The maximum absolute atomic E-state index is 9.48. The van der Waals surface area contributed by atoms with Crippen LogP contribution in [0.3, 0.4) is 0 Å². The molecule has 1 unspecified atom stereocenters. The van der Waals surface area contributed by atoms with Crippen molar-refractivity contribution in [2.45, 2.75) is 33.0 Å². The molecule has 0 radical (unpaired) electrons. The fourth-order valence-electron chi connectivity index (χ4n) is 3.61. The predicted molar refractivity (Wildman–Crippen MR) is 92.3 cm³/mol. The average Bonchev–Trinajstić information content (AvgIpc) is 3.04. The van der Waals surface area contributed by atoms with Crippen molar-refractivity contribution in [2.24, 2.45) is 12.8 Å². The molecular weight excluding hydrogens is 290 g/mol. The van der Waals surface area contributed by atoms with Gasteiger partial charge in [0.05, 0.1) is 19.3 Å². The van der Waals surface area contributed by atoms with Crippen LogP contribution in [0.1, 0.15) is 35.3 Å². The molecule has 3 rings (SSSR count). The number of hydrogen-bond acceptors (Lipinski definition) is 4. The highest BCUT2D eigenvalue weighted by Gasteiger charge is 2.23. The highest BCUT2D eigenvalue weighted by Crippen LogP contribution is 2.34. The van der Waals surface area contributed by atoms with Crippen LogP contribution in [0.2, 0.25) is 0 Å². The molecule has 5 heteroatoms. The van der Waals surface area contributed by atoms with E-state index in [1.807, 2.05) is 6.92 Å². The molecule has 1 aromatic heterocycles. The molecule has 0 spiro atoms. The number of nitrogens with zero attached hydrogens (tertiary/aromatic N) is 2. The normalized spacial score (nSPS) is 16.2. The summed E-state index contributed by atoms with van der Waals surface area (Å²) >= 11 is 0. The van der Waals surface area contributed by atoms with Crippen molar-refractivity contribution in [3.8, 4) is 0 Å². The third kappa shape index (κ3) is 2.90. The van der Waals surface area contributed by atoms with Crippen LogP contribution in [0.5, 0.6) is 0 Å². The van der Waals surface area contributed by atoms with Gasteiger partial charge in [0.1, 0.15) is 0 Å². The topological polar surface area (TPSA) is 63.6 Å². The Morgan fingerprint density at radius 3 is 2.65 bits per heavy atom. The summed E-state index contributed by atoms with van der Waals surface area (Å²) in [6, 6.07) is 4.22. The SMILES string of the molecule is CCOCCN1Cc2cc3c(C(N)CO)c(C)n(C)c3cc2C1. The Bertz CT molecular complexity index is 708. The van der Waals surface area contributed by atoms with Crippen LogP contribution in [0.25, 0.3) is 10.9 Å². The van der Waals surface area contributed by atoms with Crippen molar-refractivity contribution < 1.29 is 9.84 Å². The largest absolute Gasteiger partial charge is 0.394 e. The molecule has 2 heterocycles. The molecule has 0 bridgehead atoms. The first kappa shape index (κ1) is 16.5. The van der Waals surface area contributed by atoms with Crippen molar-refractivity contribution in [2.75, 3.05) is 26.4 Å². The third-order valence-corrected chi connectivity index (χ3v) is 4.97. The van der Waals surface area contributed by atoms with Gasteiger partial charge in [0.2, 0.25) is 0 Å². The molecule has 1 aliphatic rings. The number of aliphatic hydroxyl groups excluding tert-OH is 1. The first-order valence-corrected chi connectivity index (χ1v) is 8.34. The Morgan fingerprint density at radius 2 is 2.00 bits per heavy atom. The first-order chi connectivity index (χ1) is 11.1. The minimum Gasteiger partial charge on any atom is -0.394 e. The zero-order valence-corrected chi connectivity index (χ0v) is 14.3. The molecule has 0 aliphatic carbocycles. The van der Waals surface area contributed by atoms with Crippen LogP contribution in [0.15, 0.2) is 12.1 Å². The van der Waals surface area contributed by atoms with Crippen molar-refractivity contribution in [3.63, 3.8) is 0 Å². The van der Waals surface area contributed by atoms with Crippen LogP contribution >= 0.6 is 0 Å². The molecule has 0 amide bonds. The van der Waals surface area contributed by atoms with Crippen molar-refractivity contribution >= 4 is 10.9 Å². The Morgan fingerprint density at radius 1 is 1.30 bits per heavy atom. The molecule has 1 atom stereocenters. The standard InChI is InChI=1S/C18H27N3O2/c1-4-23-6-5-21-9-13-7-15-17(8-14(13)10-21)20(3)12(2)18(15)16(19)11-22/h7-8,16,22H,4-6,9-11,19H2,1-3H3. The monoisotopic (exact) mass is 317 g/mol. The highest BCUT2D eigenvalue weighted by molar-refractivity contribution is 5.87. The van der Waals surface area contributed by atoms with Crippen molar-refractivity contribution in [1.29, 1.82) is 0 Å². The van der Waals surface area contributed by atoms with Crippen LogP contribution in [-0.4, -0.2) is 40.9 Å². The van der Waals surface area contributed by atoms with E-state index < -0.39 is 0 Å². The van der Waals surface area contributed by atoms with Crippen LogP contribution in [0, 0.1) is 6.92 Å². The highest BCUT2D eigenvalue weighted by atomic mass is 16.5. The lowest BCUT2D eigenvalue weighted by atomic mass is 10.0. The summed E-state index contributed by atoms with van der Waals surface area (Å²) in [7, 11) is 2.07. The molecule has 23 heavy (non-hydrogen) atoms. The number of hydrogen-bond donors (Lipinski definition) is 2. The molecule has 5 nitrogen and oxygen atoms in total. The Kier molecular flexibility index (Phi) is 4.73. The lowest BCUT2D eigenvalue weighted by Crippen LogP contribution is -2.21. The van der Waals surface area contributed by atoms with E-state index in [0.29, 0.717) is 0 Å².